The lowest BCUT2D eigenvalue weighted by molar-refractivity contribution is -0.161. The van der Waals surface area contributed by atoms with Crippen molar-refractivity contribution in [2.24, 2.45) is 29.1 Å². The van der Waals surface area contributed by atoms with E-state index in [0.717, 1.165) is 12.0 Å². The zero-order chi connectivity index (χ0) is 35.1. The Hall–Kier alpha value is -2.97. The van der Waals surface area contributed by atoms with E-state index >= 15 is 4.79 Å². The number of hydrogen-bond acceptors (Lipinski definition) is 5. The number of carbonyl (C=O) groups is 3. The maximum Gasteiger partial charge on any atom is 0.249 e. The van der Waals surface area contributed by atoms with Gasteiger partial charge in [0.05, 0.1) is 30.1 Å². The normalized spacial score (nSPS) is 29.2. The fourth-order valence-electron chi connectivity index (χ4n) is 9.24. The zero-order valence-corrected chi connectivity index (χ0v) is 30.3. The molecule has 3 unspecified atom stereocenters. The van der Waals surface area contributed by atoms with Crippen LogP contribution in [0, 0.1) is 29.1 Å². The first-order valence-corrected chi connectivity index (χ1v) is 17.4. The van der Waals surface area contributed by atoms with Gasteiger partial charge in [0, 0.05) is 25.2 Å². The molecular formula is C39H59N3O5. The predicted molar refractivity (Wildman–Crippen MR) is 186 cm³/mol. The second kappa shape index (κ2) is 13.5. The molecule has 260 valence electrons. The van der Waals surface area contributed by atoms with Crippen LogP contribution >= 0.6 is 0 Å². The predicted octanol–water partition coefficient (Wildman–Crippen LogP) is 5.85. The first kappa shape index (κ1) is 36.9. The molecule has 47 heavy (non-hydrogen) atoms. The minimum Gasteiger partial charge on any atom is -0.394 e. The average Bonchev–Trinajstić information content (AvgIpc) is 3.49. The van der Waals surface area contributed by atoms with Crippen molar-refractivity contribution in [3.8, 4) is 0 Å². The number of benzene rings is 1. The second-order valence-electron chi connectivity index (χ2n) is 16.7. The van der Waals surface area contributed by atoms with Gasteiger partial charge in [-0.1, -0.05) is 84.0 Å². The van der Waals surface area contributed by atoms with E-state index in [4.69, 9.17) is 4.74 Å². The Morgan fingerprint density at radius 2 is 1.70 bits per heavy atom. The van der Waals surface area contributed by atoms with Gasteiger partial charge in [0.25, 0.3) is 0 Å². The van der Waals surface area contributed by atoms with Gasteiger partial charge in [0.15, 0.2) is 0 Å². The Balaban J connectivity index is 1.87. The number of aliphatic hydroxyl groups is 1. The molecule has 3 aliphatic rings. The molecule has 0 aromatic heterocycles. The largest absolute Gasteiger partial charge is 0.394 e. The fraction of sp³-hybridized carbons (Fsp3) is 0.667. The summed E-state index contributed by atoms with van der Waals surface area (Å²) in [6.45, 7) is 27.3. The summed E-state index contributed by atoms with van der Waals surface area (Å²) in [6.07, 6.45) is 5.15. The minimum atomic E-state index is -1.21. The topological polar surface area (TPSA) is 90.4 Å². The molecule has 0 aliphatic carbocycles. The first-order chi connectivity index (χ1) is 21.9. The molecule has 0 saturated carbocycles. The number of nitrogens with zero attached hydrogens (tertiary/aromatic N) is 3. The van der Waals surface area contributed by atoms with Crippen LogP contribution in [-0.4, -0.2) is 86.0 Å². The zero-order valence-electron chi connectivity index (χ0n) is 30.3. The van der Waals surface area contributed by atoms with Gasteiger partial charge >= 0.3 is 0 Å². The van der Waals surface area contributed by atoms with Crippen LogP contribution in [0.15, 0.2) is 55.6 Å². The van der Waals surface area contributed by atoms with Crippen molar-refractivity contribution in [1.82, 2.24) is 14.7 Å². The van der Waals surface area contributed by atoms with Crippen LogP contribution in [0.25, 0.3) is 0 Å². The van der Waals surface area contributed by atoms with Gasteiger partial charge in [-0.05, 0) is 62.8 Å². The van der Waals surface area contributed by atoms with Gasteiger partial charge in [-0.2, -0.15) is 0 Å². The number of ether oxygens (including phenoxy) is 1. The van der Waals surface area contributed by atoms with Gasteiger partial charge in [0.2, 0.25) is 17.7 Å². The molecule has 3 saturated heterocycles. The lowest BCUT2D eigenvalue weighted by Crippen LogP contribution is -2.62. The number of carbonyl (C=O) groups excluding carboxylic acids is 3. The molecule has 1 N–H and O–H groups in total. The summed E-state index contributed by atoms with van der Waals surface area (Å²) in [5.74, 6) is -2.24. The third-order valence-electron chi connectivity index (χ3n) is 10.7. The number of likely N-dealkylation sites (tertiary alicyclic amines) is 1. The Kier molecular flexibility index (Phi) is 10.6. The van der Waals surface area contributed by atoms with E-state index in [1.165, 1.54) is 0 Å². The summed E-state index contributed by atoms with van der Waals surface area (Å²) < 4.78 is 7.08. The van der Waals surface area contributed by atoms with Crippen molar-refractivity contribution in [2.45, 2.75) is 117 Å². The molecule has 2 bridgehead atoms. The van der Waals surface area contributed by atoms with Crippen molar-refractivity contribution in [3.05, 3.63) is 61.2 Å². The molecule has 0 radical (unpaired) electrons. The summed E-state index contributed by atoms with van der Waals surface area (Å²) >= 11 is 0. The molecule has 1 aromatic rings. The maximum absolute atomic E-state index is 15.2. The lowest BCUT2D eigenvalue weighted by atomic mass is 9.62. The molecule has 1 aromatic carbocycles. The highest BCUT2D eigenvalue weighted by molar-refractivity contribution is 5.99. The van der Waals surface area contributed by atoms with Crippen LogP contribution in [0.3, 0.4) is 0 Å². The number of hydrogen-bond donors (Lipinski definition) is 1. The van der Waals surface area contributed by atoms with Crippen LogP contribution in [0.4, 0.5) is 0 Å². The molecule has 3 fully saturated rings. The van der Waals surface area contributed by atoms with Gasteiger partial charge in [-0.25, -0.2) is 0 Å². The van der Waals surface area contributed by atoms with Gasteiger partial charge in [-0.15, -0.1) is 13.2 Å². The Labute approximate surface area is 283 Å². The number of rotatable bonds is 14. The van der Waals surface area contributed by atoms with Crippen LogP contribution < -0.4 is 0 Å². The highest BCUT2D eigenvalue weighted by Crippen LogP contribution is 2.66. The van der Waals surface area contributed by atoms with Crippen LogP contribution in [0.5, 0.6) is 0 Å². The Morgan fingerprint density at radius 1 is 1.09 bits per heavy atom. The van der Waals surface area contributed by atoms with Crippen LogP contribution in [-0.2, 0) is 25.7 Å². The van der Waals surface area contributed by atoms with Crippen molar-refractivity contribution in [3.63, 3.8) is 0 Å². The summed E-state index contributed by atoms with van der Waals surface area (Å²) in [4.78, 5) is 50.2. The van der Waals surface area contributed by atoms with Crippen molar-refractivity contribution in [2.75, 3.05) is 19.7 Å². The first-order valence-electron chi connectivity index (χ1n) is 17.4. The molecule has 3 aliphatic heterocycles. The van der Waals surface area contributed by atoms with Crippen molar-refractivity contribution >= 4 is 17.7 Å². The third kappa shape index (κ3) is 6.69. The molecule has 4 rings (SSSR count). The van der Waals surface area contributed by atoms with Crippen LogP contribution in [0.2, 0.25) is 0 Å². The quantitative estimate of drug-likeness (QED) is 0.256. The smallest absolute Gasteiger partial charge is 0.249 e. The van der Waals surface area contributed by atoms with Gasteiger partial charge in [0.1, 0.15) is 11.6 Å². The van der Waals surface area contributed by atoms with Crippen molar-refractivity contribution in [1.29, 1.82) is 0 Å². The monoisotopic (exact) mass is 649 g/mol. The van der Waals surface area contributed by atoms with E-state index < -0.39 is 40.7 Å². The molecule has 3 heterocycles. The lowest BCUT2D eigenvalue weighted by Gasteiger charge is -2.46. The molecule has 3 amide bonds. The second-order valence-corrected chi connectivity index (χ2v) is 16.7. The standard InChI is InChI=1S/C39H59N3O5/c1-12-19-40(23-28-17-15-14-16-18-28)33(44)30-31-34(45)42(29(24-43)21-26(3)4)32(39(31)22-27(5)38(30,11)47-39)35(46)41(20-13-2)37(9,10)25-36(6,7)8/h12-18,26-27,29-32,43H,1-2,19-25H2,3-11H3/t27?,29-,30-,31+,32?,38+,39?/m1/s1. The summed E-state index contributed by atoms with van der Waals surface area (Å²) in [6, 6.07) is 8.21. The van der Waals surface area contributed by atoms with Crippen LogP contribution in [0.1, 0.15) is 87.1 Å². The summed E-state index contributed by atoms with van der Waals surface area (Å²) in [5.41, 5.74) is -1.83. The van der Waals surface area contributed by atoms with E-state index in [9.17, 15) is 14.7 Å². The Morgan fingerprint density at radius 3 is 2.23 bits per heavy atom. The highest BCUT2D eigenvalue weighted by Gasteiger charge is 2.80. The van der Waals surface area contributed by atoms with E-state index in [2.05, 4.69) is 54.7 Å². The minimum absolute atomic E-state index is 0.0737. The summed E-state index contributed by atoms with van der Waals surface area (Å²) in [5, 5.41) is 10.8. The molecule has 7 atom stereocenters. The van der Waals surface area contributed by atoms with Crippen molar-refractivity contribution < 1.29 is 24.2 Å². The van der Waals surface area contributed by atoms with E-state index in [1.54, 1.807) is 22.0 Å². The van der Waals surface area contributed by atoms with Gasteiger partial charge < -0.3 is 24.5 Å². The molecular weight excluding hydrogens is 590 g/mol. The summed E-state index contributed by atoms with van der Waals surface area (Å²) in [7, 11) is 0. The molecule has 1 spiro atoms. The van der Waals surface area contributed by atoms with Gasteiger partial charge in [-0.3, -0.25) is 14.4 Å². The van der Waals surface area contributed by atoms with E-state index in [1.807, 2.05) is 56.0 Å². The van der Waals surface area contributed by atoms with E-state index in [-0.39, 0.29) is 41.6 Å². The number of fused-ring (bicyclic) bond motifs is 1. The third-order valence-corrected chi connectivity index (χ3v) is 10.7. The Bertz CT molecular complexity index is 1340. The van der Waals surface area contributed by atoms with E-state index in [0.29, 0.717) is 32.5 Å². The number of aliphatic hydroxyl groups excluding tert-OH is 1. The number of amides is 3. The maximum atomic E-state index is 15.2. The molecule has 8 heteroatoms. The average molecular weight is 650 g/mol. The fourth-order valence-corrected chi connectivity index (χ4v) is 9.24. The highest BCUT2D eigenvalue weighted by atomic mass is 16.5. The SMILES string of the molecule is C=CCN(Cc1ccccc1)C(=O)[C@H]1[C@H]2C(=O)N([C@@H](CO)CC(C)C)C(C(=O)N(CC=C)C(C)(C)CC(C)(C)C)C23CC(C)[C@]1(C)O3. The molecule has 8 nitrogen and oxygen atoms in total.